The van der Waals surface area contributed by atoms with Crippen LogP contribution >= 0.6 is 0 Å². The van der Waals surface area contributed by atoms with Gasteiger partial charge in [0.2, 0.25) is 0 Å². The molecule has 0 bridgehead atoms. The molecule has 1 aliphatic rings. The lowest BCUT2D eigenvalue weighted by atomic mass is 10.0. The number of nitrogens with one attached hydrogen (secondary N) is 1. The van der Waals surface area contributed by atoms with Crippen molar-refractivity contribution in [2.24, 2.45) is 0 Å². The van der Waals surface area contributed by atoms with Gasteiger partial charge in [-0.2, -0.15) is 0 Å². The van der Waals surface area contributed by atoms with E-state index in [1.54, 1.807) is 0 Å². The first-order valence-electron chi connectivity index (χ1n) is 6.72. The van der Waals surface area contributed by atoms with Crippen LogP contribution in [-0.4, -0.2) is 6.54 Å². The molecule has 1 aliphatic heterocycles. The molecule has 0 radical (unpaired) electrons. The molecular weight excluding hydrogens is 234 g/mol. The Kier molecular flexibility index (Phi) is 2.94. The molecule has 0 fully saturated rings. The van der Waals surface area contributed by atoms with E-state index in [0.29, 0.717) is 0 Å². The zero-order valence-electron chi connectivity index (χ0n) is 11.7. The van der Waals surface area contributed by atoms with Crippen molar-refractivity contribution in [3.63, 3.8) is 0 Å². The van der Waals surface area contributed by atoms with Gasteiger partial charge in [-0.25, -0.2) is 0 Å². The minimum Gasteiger partial charge on any atom is -0.481 e. The molecule has 1 N–H and O–H groups in total. The third-order valence-corrected chi connectivity index (χ3v) is 3.86. The Morgan fingerprint density at radius 3 is 2.47 bits per heavy atom. The summed E-state index contributed by atoms with van der Waals surface area (Å²) < 4.78 is 6.21. The smallest absolute Gasteiger partial charge is 0.146 e. The van der Waals surface area contributed by atoms with Gasteiger partial charge in [0.05, 0.1) is 12.2 Å². The van der Waals surface area contributed by atoms with Crippen LogP contribution in [0.4, 0.5) is 5.69 Å². The van der Waals surface area contributed by atoms with E-state index in [-0.39, 0.29) is 6.10 Å². The Hall–Kier alpha value is -1.96. The number of anilines is 1. The summed E-state index contributed by atoms with van der Waals surface area (Å²) in [5.41, 5.74) is 6.10. The third kappa shape index (κ3) is 2.19. The minimum absolute atomic E-state index is 0.0913. The van der Waals surface area contributed by atoms with Crippen molar-refractivity contribution in [1.29, 1.82) is 0 Å². The molecule has 0 saturated carbocycles. The Morgan fingerprint density at radius 2 is 1.74 bits per heavy atom. The number of hydrogen-bond acceptors (Lipinski definition) is 2. The van der Waals surface area contributed by atoms with Gasteiger partial charge in [-0.15, -0.1) is 0 Å². The predicted octanol–water partition coefficient (Wildman–Crippen LogP) is 4.16. The van der Waals surface area contributed by atoms with E-state index in [2.05, 4.69) is 62.5 Å². The van der Waals surface area contributed by atoms with E-state index >= 15 is 0 Å². The first-order chi connectivity index (χ1) is 9.15. The highest BCUT2D eigenvalue weighted by atomic mass is 16.5. The van der Waals surface area contributed by atoms with E-state index in [1.165, 1.54) is 22.3 Å². The molecule has 2 nitrogen and oxygen atoms in total. The van der Waals surface area contributed by atoms with Gasteiger partial charge in [-0.3, -0.25) is 0 Å². The van der Waals surface area contributed by atoms with E-state index < -0.39 is 0 Å². The summed E-state index contributed by atoms with van der Waals surface area (Å²) in [5, 5.41) is 3.47. The Labute approximate surface area is 114 Å². The molecule has 0 spiro atoms. The SMILES string of the molecule is Cc1ccc(C2CNc3ccc(C)c(C)c3O2)cc1. The number of benzene rings is 2. The quantitative estimate of drug-likeness (QED) is 0.824. The summed E-state index contributed by atoms with van der Waals surface area (Å²) in [6, 6.07) is 12.8. The number of hydrogen-bond donors (Lipinski definition) is 1. The van der Waals surface area contributed by atoms with Gasteiger partial charge in [0.1, 0.15) is 11.9 Å². The van der Waals surface area contributed by atoms with E-state index in [0.717, 1.165) is 18.0 Å². The zero-order valence-corrected chi connectivity index (χ0v) is 11.7. The molecule has 3 rings (SSSR count). The fraction of sp³-hybridized carbons (Fsp3) is 0.294. The van der Waals surface area contributed by atoms with Gasteiger partial charge in [0.15, 0.2) is 0 Å². The van der Waals surface area contributed by atoms with E-state index in [1.807, 2.05) is 0 Å². The molecule has 1 heterocycles. The normalized spacial score (nSPS) is 17.3. The van der Waals surface area contributed by atoms with Gasteiger partial charge in [0, 0.05) is 0 Å². The van der Waals surface area contributed by atoms with Crippen molar-refractivity contribution < 1.29 is 4.74 Å². The highest BCUT2D eigenvalue weighted by molar-refractivity contribution is 5.63. The highest BCUT2D eigenvalue weighted by Crippen LogP contribution is 2.38. The molecule has 0 saturated heterocycles. The summed E-state index contributed by atoms with van der Waals surface area (Å²) in [7, 11) is 0. The van der Waals surface area contributed by atoms with Crippen molar-refractivity contribution in [2.45, 2.75) is 26.9 Å². The first-order valence-corrected chi connectivity index (χ1v) is 6.72. The monoisotopic (exact) mass is 253 g/mol. The van der Waals surface area contributed by atoms with Crippen LogP contribution in [0.5, 0.6) is 5.75 Å². The number of rotatable bonds is 1. The maximum atomic E-state index is 6.21. The van der Waals surface area contributed by atoms with Crippen molar-refractivity contribution in [3.8, 4) is 5.75 Å². The summed E-state index contributed by atoms with van der Waals surface area (Å²) in [5.74, 6) is 0.997. The van der Waals surface area contributed by atoms with E-state index in [4.69, 9.17) is 4.74 Å². The predicted molar refractivity (Wildman–Crippen MR) is 79.0 cm³/mol. The molecular formula is C17H19NO. The second-order valence-electron chi connectivity index (χ2n) is 5.28. The Balaban J connectivity index is 1.93. The zero-order chi connectivity index (χ0) is 13.4. The average Bonchev–Trinajstić information content (AvgIpc) is 2.44. The topological polar surface area (TPSA) is 21.3 Å². The van der Waals surface area contributed by atoms with Crippen LogP contribution in [-0.2, 0) is 0 Å². The molecule has 98 valence electrons. The molecule has 2 aromatic carbocycles. The Morgan fingerprint density at radius 1 is 1.00 bits per heavy atom. The van der Waals surface area contributed by atoms with Crippen LogP contribution in [0.1, 0.15) is 28.4 Å². The van der Waals surface area contributed by atoms with Gasteiger partial charge in [-0.05, 0) is 43.5 Å². The summed E-state index contributed by atoms with van der Waals surface area (Å²) in [4.78, 5) is 0. The average molecular weight is 253 g/mol. The van der Waals surface area contributed by atoms with E-state index in [9.17, 15) is 0 Å². The van der Waals surface area contributed by atoms with Crippen LogP contribution in [0.3, 0.4) is 0 Å². The fourth-order valence-corrected chi connectivity index (χ4v) is 2.43. The largest absolute Gasteiger partial charge is 0.481 e. The highest BCUT2D eigenvalue weighted by Gasteiger charge is 2.22. The third-order valence-electron chi connectivity index (χ3n) is 3.86. The lowest BCUT2D eigenvalue weighted by molar-refractivity contribution is 0.209. The fourth-order valence-electron chi connectivity index (χ4n) is 2.43. The standard InChI is InChI=1S/C17H19NO/c1-11-4-7-14(8-5-11)16-10-18-15-9-6-12(2)13(3)17(15)19-16/h4-9,16,18H,10H2,1-3H3. The van der Waals surface area contributed by atoms with Crippen molar-refractivity contribution in [2.75, 3.05) is 11.9 Å². The number of fused-ring (bicyclic) bond motifs is 1. The maximum Gasteiger partial charge on any atom is 0.146 e. The van der Waals surface area contributed by atoms with Crippen LogP contribution < -0.4 is 10.1 Å². The first kappa shape index (κ1) is 12.1. The van der Waals surface area contributed by atoms with Crippen molar-refractivity contribution in [1.82, 2.24) is 0 Å². The number of ether oxygens (including phenoxy) is 1. The molecule has 0 aliphatic carbocycles. The second kappa shape index (κ2) is 4.61. The molecule has 2 aromatic rings. The summed E-state index contributed by atoms with van der Waals surface area (Å²) in [6.07, 6.45) is 0.0913. The second-order valence-corrected chi connectivity index (χ2v) is 5.28. The van der Waals surface area contributed by atoms with Gasteiger partial charge >= 0.3 is 0 Å². The van der Waals surface area contributed by atoms with Crippen molar-refractivity contribution in [3.05, 3.63) is 58.7 Å². The van der Waals surface area contributed by atoms with Crippen LogP contribution in [0.15, 0.2) is 36.4 Å². The minimum atomic E-state index is 0.0913. The van der Waals surface area contributed by atoms with Gasteiger partial charge in [0.25, 0.3) is 0 Å². The molecule has 0 amide bonds. The molecule has 1 unspecified atom stereocenters. The van der Waals surface area contributed by atoms with Gasteiger partial charge in [-0.1, -0.05) is 35.9 Å². The van der Waals surface area contributed by atoms with Crippen LogP contribution in [0, 0.1) is 20.8 Å². The van der Waals surface area contributed by atoms with Crippen molar-refractivity contribution >= 4 is 5.69 Å². The summed E-state index contributed by atoms with van der Waals surface area (Å²) >= 11 is 0. The number of aryl methyl sites for hydroxylation is 2. The van der Waals surface area contributed by atoms with Gasteiger partial charge < -0.3 is 10.1 Å². The molecule has 1 atom stereocenters. The molecule has 19 heavy (non-hydrogen) atoms. The summed E-state index contributed by atoms with van der Waals surface area (Å²) in [6.45, 7) is 7.16. The molecule has 2 heteroatoms. The maximum absolute atomic E-state index is 6.21. The molecule has 0 aromatic heterocycles. The van der Waals surface area contributed by atoms with Crippen LogP contribution in [0.25, 0.3) is 0 Å². The van der Waals surface area contributed by atoms with Crippen LogP contribution in [0.2, 0.25) is 0 Å². The Bertz CT molecular complexity index is 601. The lowest BCUT2D eigenvalue weighted by Gasteiger charge is -2.29. The lowest BCUT2D eigenvalue weighted by Crippen LogP contribution is -2.24.